The van der Waals surface area contributed by atoms with E-state index in [1.165, 1.54) is 20.0 Å². The fraction of sp³-hybridized carbons (Fsp3) is 0.684. The summed E-state index contributed by atoms with van der Waals surface area (Å²) >= 11 is 4.64. The molecule has 1 aliphatic rings. The fourth-order valence-corrected chi connectivity index (χ4v) is 3.68. The molecular weight excluding hydrogens is 568 g/mol. The molecule has 6 nitrogen and oxygen atoms in total. The second kappa shape index (κ2) is 12.4. The number of halogens is 2. The first-order valence-electron chi connectivity index (χ1n) is 9.68. The van der Waals surface area contributed by atoms with Crippen LogP contribution in [0.2, 0.25) is 0 Å². The van der Waals surface area contributed by atoms with Crippen molar-refractivity contribution in [1.29, 1.82) is 0 Å². The van der Waals surface area contributed by atoms with Gasteiger partial charge in [0.25, 0.3) is 0 Å². The minimum atomic E-state index is 0.888. The summed E-state index contributed by atoms with van der Waals surface area (Å²) in [5, 5.41) is 8.82. The van der Waals surface area contributed by atoms with Crippen LogP contribution in [-0.4, -0.2) is 57.3 Å². The van der Waals surface area contributed by atoms with Gasteiger partial charge in [0.2, 0.25) is 0 Å². The van der Waals surface area contributed by atoms with Gasteiger partial charge in [-0.2, -0.15) is 10.2 Å². The first-order chi connectivity index (χ1) is 13.0. The maximum absolute atomic E-state index is 5.32. The van der Waals surface area contributed by atoms with E-state index in [1.807, 2.05) is 11.6 Å². The smallest absolute Gasteiger partial charge is 0.0727 e. The minimum absolute atomic E-state index is 0.888. The zero-order valence-electron chi connectivity index (χ0n) is 16.6. The van der Waals surface area contributed by atoms with Gasteiger partial charge in [-0.3, -0.25) is 14.3 Å². The molecule has 1 saturated heterocycles. The fourth-order valence-electron chi connectivity index (χ4n) is 2.82. The summed E-state index contributed by atoms with van der Waals surface area (Å²) in [5.41, 5.74) is 2.27. The molecule has 0 N–H and O–H groups in total. The number of rotatable bonds is 7. The highest BCUT2D eigenvalue weighted by molar-refractivity contribution is 14.1. The third kappa shape index (κ3) is 8.36. The van der Waals surface area contributed by atoms with Crippen LogP contribution in [-0.2, 0) is 17.8 Å². The lowest BCUT2D eigenvalue weighted by Gasteiger charge is -2.26. The number of morpholine rings is 1. The van der Waals surface area contributed by atoms with Gasteiger partial charge in [0.15, 0.2) is 0 Å². The first kappa shape index (κ1) is 23.1. The lowest BCUT2D eigenvalue weighted by molar-refractivity contribution is 0.0368. The maximum Gasteiger partial charge on any atom is 0.0727 e. The van der Waals surface area contributed by atoms with Gasteiger partial charge in [-0.1, -0.05) is 13.3 Å². The number of aryl methyl sites for hydroxylation is 4. The molecule has 2 aromatic heterocycles. The van der Waals surface area contributed by atoms with Gasteiger partial charge in [-0.25, -0.2) is 0 Å². The molecule has 3 heterocycles. The van der Waals surface area contributed by atoms with Gasteiger partial charge in [0.1, 0.15) is 0 Å². The Bertz CT molecular complexity index is 641. The van der Waals surface area contributed by atoms with E-state index in [4.69, 9.17) is 4.74 Å². The van der Waals surface area contributed by atoms with Crippen molar-refractivity contribution in [2.75, 3.05) is 32.8 Å². The molecule has 0 atom stereocenters. The molecule has 1 fully saturated rings. The van der Waals surface area contributed by atoms with Gasteiger partial charge >= 0.3 is 0 Å². The third-order valence-corrected chi connectivity index (χ3v) is 6.60. The normalized spacial score (nSPS) is 14.9. The molecule has 0 aliphatic carbocycles. The Morgan fingerprint density at radius 1 is 0.889 bits per heavy atom. The van der Waals surface area contributed by atoms with E-state index in [-0.39, 0.29) is 0 Å². The average molecular weight is 599 g/mol. The SMILES string of the molecule is CCCCn1cc(I)c(C)n1.Cc1nn(CCCN2CCOCC2)cc1I. The molecule has 0 spiro atoms. The van der Waals surface area contributed by atoms with Gasteiger partial charge < -0.3 is 4.74 Å². The van der Waals surface area contributed by atoms with Crippen LogP contribution in [0.3, 0.4) is 0 Å². The molecular formula is C19H31I2N5O. The van der Waals surface area contributed by atoms with Crippen LogP contribution in [0.4, 0.5) is 0 Å². The van der Waals surface area contributed by atoms with Crippen molar-refractivity contribution in [2.24, 2.45) is 0 Å². The highest BCUT2D eigenvalue weighted by Crippen LogP contribution is 2.09. The molecule has 0 unspecified atom stereocenters. The molecule has 8 heteroatoms. The van der Waals surface area contributed by atoms with Crippen LogP contribution in [0.1, 0.15) is 37.6 Å². The van der Waals surface area contributed by atoms with Crippen LogP contribution >= 0.6 is 45.2 Å². The molecule has 152 valence electrons. The number of hydrogen-bond donors (Lipinski definition) is 0. The minimum Gasteiger partial charge on any atom is -0.379 e. The number of unbranched alkanes of at least 4 members (excludes halogenated alkanes) is 1. The predicted octanol–water partition coefficient (Wildman–Crippen LogP) is 4.11. The highest BCUT2D eigenvalue weighted by Gasteiger charge is 2.09. The van der Waals surface area contributed by atoms with E-state index in [0.717, 1.165) is 63.7 Å². The van der Waals surface area contributed by atoms with E-state index in [1.54, 1.807) is 0 Å². The van der Waals surface area contributed by atoms with Crippen LogP contribution in [0, 0.1) is 21.0 Å². The molecule has 0 aromatic carbocycles. The van der Waals surface area contributed by atoms with E-state index in [9.17, 15) is 0 Å². The van der Waals surface area contributed by atoms with Crippen LogP contribution in [0.5, 0.6) is 0 Å². The van der Waals surface area contributed by atoms with Crippen LogP contribution in [0.15, 0.2) is 12.4 Å². The molecule has 0 saturated carbocycles. The second-order valence-electron chi connectivity index (χ2n) is 6.81. The topological polar surface area (TPSA) is 48.1 Å². The molecule has 1 aliphatic heterocycles. The monoisotopic (exact) mass is 599 g/mol. The Morgan fingerprint density at radius 3 is 1.85 bits per heavy atom. The molecule has 2 aromatic rings. The molecule has 0 bridgehead atoms. The second-order valence-corrected chi connectivity index (χ2v) is 9.14. The van der Waals surface area contributed by atoms with Crippen molar-refractivity contribution in [2.45, 2.75) is 53.1 Å². The van der Waals surface area contributed by atoms with Gasteiger partial charge in [0.05, 0.1) is 31.7 Å². The highest BCUT2D eigenvalue weighted by atomic mass is 127. The Morgan fingerprint density at radius 2 is 1.41 bits per heavy atom. The molecule has 3 rings (SSSR count). The van der Waals surface area contributed by atoms with E-state index in [2.05, 4.69) is 91.2 Å². The number of aromatic nitrogens is 4. The third-order valence-electron chi connectivity index (χ3n) is 4.48. The quantitative estimate of drug-likeness (QED) is 0.450. The lowest BCUT2D eigenvalue weighted by atomic mass is 10.3. The van der Waals surface area contributed by atoms with E-state index >= 15 is 0 Å². The summed E-state index contributed by atoms with van der Waals surface area (Å²) < 4.78 is 11.9. The summed E-state index contributed by atoms with van der Waals surface area (Å²) in [6.45, 7) is 13.5. The van der Waals surface area contributed by atoms with E-state index < -0.39 is 0 Å². The van der Waals surface area contributed by atoms with Crippen LogP contribution in [0.25, 0.3) is 0 Å². The summed E-state index contributed by atoms with van der Waals surface area (Å²) in [4.78, 5) is 2.46. The first-order valence-corrected chi connectivity index (χ1v) is 11.8. The Hall–Kier alpha value is -0.200. The summed E-state index contributed by atoms with van der Waals surface area (Å²) in [7, 11) is 0. The average Bonchev–Trinajstić information content (AvgIpc) is 3.15. The molecule has 0 amide bonds. The van der Waals surface area contributed by atoms with E-state index in [0.29, 0.717) is 0 Å². The summed E-state index contributed by atoms with van der Waals surface area (Å²) in [5.74, 6) is 0. The molecule has 0 radical (unpaired) electrons. The zero-order chi connectivity index (χ0) is 19.6. The Kier molecular flexibility index (Phi) is 10.6. The Labute approximate surface area is 190 Å². The maximum atomic E-state index is 5.32. The van der Waals surface area contributed by atoms with Crippen molar-refractivity contribution in [3.8, 4) is 0 Å². The van der Waals surface area contributed by atoms with Crippen molar-refractivity contribution in [3.05, 3.63) is 30.9 Å². The van der Waals surface area contributed by atoms with Gasteiger partial charge in [-0.05, 0) is 71.9 Å². The lowest BCUT2D eigenvalue weighted by Crippen LogP contribution is -2.37. The molecule has 27 heavy (non-hydrogen) atoms. The van der Waals surface area contributed by atoms with Gasteiger partial charge in [0, 0.05) is 45.1 Å². The van der Waals surface area contributed by atoms with Crippen molar-refractivity contribution in [1.82, 2.24) is 24.5 Å². The van der Waals surface area contributed by atoms with Gasteiger partial charge in [-0.15, -0.1) is 0 Å². The number of nitrogens with zero attached hydrogens (tertiary/aromatic N) is 5. The van der Waals surface area contributed by atoms with Crippen molar-refractivity contribution < 1.29 is 4.74 Å². The summed E-state index contributed by atoms with van der Waals surface area (Å²) in [6, 6.07) is 0. The standard InChI is InChI=1S/C11H18IN3O.C8H13IN2/c1-10-11(12)9-15(13-10)4-2-3-14-5-7-16-8-6-14;1-3-4-5-11-6-8(9)7(2)10-11/h9H,2-8H2,1H3;6H,3-5H2,1-2H3. The van der Waals surface area contributed by atoms with Crippen molar-refractivity contribution in [3.63, 3.8) is 0 Å². The predicted molar refractivity (Wildman–Crippen MR) is 126 cm³/mol. The largest absolute Gasteiger partial charge is 0.379 e. The summed E-state index contributed by atoms with van der Waals surface area (Å²) in [6.07, 6.45) is 7.84. The Balaban J connectivity index is 0.000000208. The number of ether oxygens (including phenoxy) is 1. The zero-order valence-corrected chi connectivity index (χ0v) is 20.9. The van der Waals surface area contributed by atoms with Crippen molar-refractivity contribution >= 4 is 45.2 Å². The van der Waals surface area contributed by atoms with Crippen LogP contribution < -0.4 is 0 Å². The number of hydrogen-bond acceptors (Lipinski definition) is 4.